The minimum atomic E-state index is -0.671. The molecule has 16 heavy (non-hydrogen) atoms. The van der Waals surface area contributed by atoms with Gasteiger partial charge in [0.15, 0.2) is 11.1 Å². The van der Waals surface area contributed by atoms with Crippen molar-refractivity contribution in [1.29, 1.82) is 0 Å². The van der Waals surface area contributed by atoms with Gasteiger partial charge in [0.2, 0.25) is 5.79 Å². The number of hydrogen-bond donors (Lipinski definition) is 3. The number of hydrogen-bond acceptors (Lipinski definition) is 6. The first-order valence-electron chi connectivity index (χ1n) is 5.36. The topological polar surface area (TPSA) is 74.8 Å². The second kappa shape index (κ2) is 4.63. The van der Waals surface area contributed by atoms with Gasteiger partial charge in [-0.1, -0.05) is 39.5 Å². The van der Waals surface area contributed by atoms with Crippen LogP contribution in [0.5, 0.6) is 0 Å². The van der Waals surface area contributed by atoms with Crippen molar-refractivity contribution in [2.75, 3.05) is 12.8 Å². The molecule has 0 saturated carbocycles. The predicted molar refractivity (Wildman–Crippen MR) is 71.6 cm³/mol. The zero-order chi connectivity index (χ0) is 12.4. The van der Waals surface area contributed by atoms with E-state index in [2.05, 4.69) is 41.4 Å². The zero-order valence-electron chi connectivity index (χ0n) is 10.6. The first-order valence-corrected chi connectivity index (χ1v) is 6.58. The average molecular weight is 243 g/mol. The van der Waals surface area contributed by atoms with Crippen molar-refractivity contribution in [3.05, 3.63) is 0 Å². The largest absolute Gasteiger partial charge is 0.370 e. The smallest absolute Gasteiger partial charge is 0.215 e. The Balaban J connectivity index is 3.18. The lowest BCUT2D eigenvalue weighted by molar-refractivity contribution is 0.155. The molecule has 0 aliphatic carbocycles. The zero-order valence-corrected chi connectivity index (χ0v) is 11.4. The maximum Gasteiger partial charge on any atom is 0.215 e. The molecule has 0 saturated heterocycles. The van der Waals surface area contributed by atoms with Crippen molar-refractivity contribution in [2.45, 2.75) is 33.5 Å². The van der Waals surface area contributed by atoms with E-state index < -0.39 is 5.79 Å². The van der Waals surface area contributed by atoms with Gasteiger partial charge in [0.1, 0.15) is 0 Å². The summed E-state index contributed by atoms with van der Waals surface area (Å²) in [4.78, 5) is 9.08. The molecule has 4 N–H and O–H groups in total. The van der Waals surface area contributed by atoms with E-state index in [0.717, 1.165) is 11.7 Å². The predicted octanol–water partition coefficient (Wildman–Crippen LogP) is 0.933. The summed E-state index contributed by atoms with van der Waals surface area (Å²) < 4.78 is 0. The van der Waals surface area contributed by atoms with Crippen LogP contribution in [0.3, 0.4) is 0 Å². The van der Waals surface area contributed by atoms with Crippen LogP contribution in [-0.4, -0.2) is 29.7 Å². The average Bonchev–Trinajstić information content (AvgIpc) is 2.15. The molecule has 1 rings (SSSR count). The van der Waals surface area contributed by atoms with E-state index in [1.165, 1.54) is 11.8 Å². The van der Waals surface area contributed by atoms with Gasteiger partial charge < -0.3 is 11.1 Å². The second-order valence-electron chi connectivity index (χ2n) is 4.70. The van der Waals surface area contributed by atoms with E-state index in [0.29, 0.717) is 5.96 Å². The fourth-order valence-electron chi connectivity index (χ4n) is 1.53. The van der Waals surface area contributed by atoms with E-state index in [1.807, 2.05) is 13.2 Å². The van der Waals surface area contributed by atoms with Crippen LogP contribution in [-0.2, 0) is 0 Å². The third kappa shape index (κ3) is 2.49. The summed E-state index contributed by atoms with van der Waals surface area (Å²) in [5, 5.41) is 7.07. The highest BCUT2D eigenvalue weighted by Gasteiger charge is 2.43. The molecule has 1 aliphatic heterocycles. The van der Waals surface area contributed by atoms with Crippen LogP contribution in [0.25, 0.3) is 0 Å². The van der Waals surface area contributed by atoms with E-state index >= 15 is 0 Å². The fourth-order valence-corrected chi connectivity index (χ4v) is 1.96. The molecule has 92 valence electrons. The molecule has 0 amide bonds. The molecule has 5 nitrogen and oxygen atoms in total. The van der Waals surface area contributed by atoms with Crippen molar-refractivity contribution in [3.63, 3.8) is 0 Å². The molecule has 0 aromatic heterocycles. The first-order chi connectivity index (χ1) is 7.34. The number of nitrogens with two attached hydrogens (primary N) is 1. The Morgan fingerprint density at radius 1 is 1.44 bits per heavy atom. The lowest BCUT2D eigenvalue weighted by atomic mass is 9.87. The summed E-state index contributed by atoms with van der Waals surface area (Å²) in [6, 6.07) is 0. The highest BCUT2D eigenvalue weighted by Crippen LogP contribution is 2.34. The molecule has 0 aromatic carbocycles. The van der Waals surface area contributed by atoms with Gasteiger partial charge in [-0.2, -0.15) is 0 Å². The number of amidine groups is 1. The fraction of sp³-hybridized carbons (Fsp3) is 0.800. The van der Waals surface area contributed by atoms with Crippen LogP contribution in [0.2, 0.25) is 0 Å². The lowest BCUT2D eigenvalue weighted by Gasteiger charge is -2.41. The molecular formula is C10H21N5S. The summed E-state index contributed by atoms with van der Waals surface area (Å²) >= 11 is 1.53. The number of guanidine groups is 1. The third-order valence-electron chi connectivity index (χ3n) is 2.44. The molecule has 6 heteroatoms. The minimum absolute atomic E-state index is 0.142. The van der Waals surface area contributed by atoms with Gasteiger partial charge in [-0.15, -0.1) is 0 Å². The maximum atomic E-state index is 5.81. The van der Waals surface area contributed by atoms with Gasteiger partial charge in [0.25, 0.3) is 0 Å². The monoisotopic (exact) mass is 243 g/mol. The number of aliphatic imine (C=N–C) groups is 2. The van der Waals surface area contributed by atoms with Gasteiger partial charge in [-0.3, -0.25) is 5.32 Å². The molecule has 0 aromatic rings. The van der Waals surface area contributed by atoms with Crippen molar-refractivity contribution >= 4 is 22.9 Å². The van der Waals surface area contributed by atoms with Crippen LogP contribution < -0.4 is 16.4 Å². The van der Waals surface area contributed by atoms with Crippen LogP contribution in [0.15, 0.2) is 9.98 Å². The minimum Gasteiger partial charge on any atom is -0.370 e. The summed E-state index contributed by atoms with van der Waals surface area (Å²) in [5.74, 6) is -0.259. The Morgan fingerprint density at radius 3 is 2.50 bits per heavy atom. The van der Waals surface area contributed by atoms with Crippen LogP contribution in [0.1, 0.15) is 27.7 Å². The highest BCUT2D eigenvalue weighted by atomic mass is 32.2. The molecule has 1 atom stereocenters. The molecule has 0 radical (unpaired) electrons. The SMILES string of the molecule is CCNC1(C(C)(C)C)N=C(N)NC(SC)=N1. The molecular weight excluding hydrogens is 222 g/mol. The summed E-state index contributed by atoms with van der Waals surface area (Å²) in [6.45, 7) is 9.12. The van der Waals surface area contributed by atoms with Gasteiger partial charge in [0.05, 0.1) is 0 Å². The van der Waals surface area contributed by atoms with Gasteiger partial charge in [-0.05, 0) is 12.8 Å². The van der Waals surface area contributed by atoms with E-state index in [9.17, 15) is 0 Å². The molecule has 0 bridgehead atoms. The summed E-state index contributed by atoms with van der Waals surface area (Å²) in [5.41, 5.74) is 5.67. The number of nitrogens with one attached hydrogen (secondary N) is 2. The Hall–Kier alpha value is -0.750. The quantitative estimate of drug-likeness (QED) is 0.674. The summed E-state index contributed by atoms with van der Waals surface area (Å²) in [7, 11) is 0. The van der Waals surface area contributed by atoms with Crippen molar-refractivity contribution in [2.24, 2.45) is 21.1 Å². The molecule has 1 unspecified atom stereocenters. The second-order valence-corrected chi connectivity index (χ2v) is 5.49. The van der Waals surface area contributed by atoms with Crippen molar-refractivity contribution < 1.29 is 0 Å². The molecule has 0 fully saturated rings. The maximum absolute atomic E-state index is 5.81. The van der Waals surface area contributed by atoms with Crippen LogP contribution >= 0.6 is 11.8 Å². The van der Waals surface area contributed by atoms with Crippen molar-refractivity contribution in [3.8, 4) is 0 Å². The van der Waals surface area contributed by atoms with E-state index in [-0.39, 0.29) is 5.41 Å². The number of thioether (sulfide) groups is 1. The van der Waals surface area contributed by atoms with E-state index in [4.69, 9.17) is 5.73 Å². The Labute approximate surface area is 101 Å². The van der Waals surface area contributed by atoms with Crippen molar-refractivity contribution in [1.82, 2.24) is 10.6 Å². The normalized spacial score (nSPS) is 25.8. The van der Waals surface area contributed by atoms with Gasteiger partial charge in [0, 0.05) is 5.41 Å². The third-order valence-corrected chi connectivity index (χ3v) is 3.02. The molecule has 1 aliphatic rings. The van der Waals surface area contributed by atoms with E-state index in [1.54, 1.807) is 0 Å². The molecule has 1 heterocycles. The Bertz CT molecular complexity index is 318. The molecule has 0 spiro atoms. The highest BCUT2D eigenvalue weighted by molar-refractivity contribution is 8.13. The summed E-state index contributed by atoms with van der Waals surface area (Å²) in [6.07, 6.45) is 1.96. The Kier molecular flexibility index (Phi) is 3.85. The van der Waals surface area contributed by atoms with Gasteiger partial charge in [-0.25, -0.2) is 9.98 Å². The number of nitrogens with zero attached hydrogens (tertiary/aromatic N) is 2. The van der Waals surface area contributed by atoms with Gasteiger partial charge >= 0.3 is 0 Å². The lowest BCUT2D eigenvalue weighted by Crippen LogP contribution is -2.58. The van der Waals surface area contributed by atoms with Crippen LogP contribution in [0.4, 0.5) is 0 Å². The van der Waals surface area contributed by atoms with Crippen LogP contribution in [0, 0.1) is 5.41 Å². The number of rotatable bonds is 2. The standard InChI is InChI=1S/C10H21N5S/c1-6-12-10(9(2,3)4)14-7(11)13-8(15-10)16-5/h12H,6H2,1-5H3,(H3,11,13,14,15). The Morgan fingerprint density at radius 2 is 2.06 bits per heavy atom. The first kappa shape index (κ1) is 13.3.